The Labute approximate surface area is 79.8 Å². The molecular formula is C12H17F. The molecule has 0 atom stereocenters. The minimum absolute atomic E-state index is 0.0449. The zero-order valence-electron chi connectivity index (χ0n) is 8.65. The predicted molar refractivity (Wildman–Crippen MR) is 54.5 cm³/mol. The van der Waals surface area contributed by atoms with Gasteiger partial charge in [0.05, 0.1) is 0 Å². The van der Waals surface area contributed by atoms with Crippen molar-refractivity contribution in [2.24, 2.45) is 0 Å². The van der Waals surface area contributed by atoms with E-state index in [-0.39, 0.29) is 5.82 Å². The van der Waals surface area contributed by atoms with Crippen LogP contribution in [0.1, 0.15) is 37.5 Å². The first-order valence-corrected chi connectivity index (χ1v) is 5.03. The summed E-state index contributed by atoms with van der Waals surface area (Å²) in [4.78, 5) is 0. The summed E-state index contributed by atoms with van der Waals surface area (Å²) in [6.45, 7) is 6.22. The van der Waals surface area contributed by atoms with Crippen molar-refractivity contribution in [3.05, 3.63) is 34.6 Å². The van der Waals surface area contributed by atoms with Crippen LogP contribution in [-0.2, 0) is 19.3 Å². The van der Waals surface area contributed by atoms with Gasteiger partial charge in [-0.1, -0.05) is 26.8 Å². The Bertz CT molecular complexity index is 289. The van der Waals surface area contributed by atoms with Crippen molar-refractivity contribution in [1.82, 2.24) is 0 Å². The fraction of sp³-hybridized carbons (Fsp3) is 0.500. The van der Waals surface area contributed by atoms with Crippen LogP contribution in [0.15, 0.2) is 12.1 Å². The maximum Gasteiger partial charge on any atom is 0.126 e. The molecule has 0 saturated heterocycles. The van der Waals surface area contributed by atoms with Crippen LogP contribution in [0.25, 0.3) is 0 Å². The van der Waals surface area contributed by atoms with Crippen molar-refractivity contribution in [2.75, 3.05) is 0 Å². The average molecular weight is 180 g/mol. The Morgan fingerprint density at radius 2 is 1.54 bits per heavy atom. The molecule has 0 heterocycles. The van der Waals surface area contributed by atoms with Crippen molar-refractivity contribution in [3.8, 4) is 0 Å². The Kier molecular flexibility index (Phi) is 3.47. The molecule has 0 saturated carbocycles. The lowest BCUT2D eigenvalue weighted by Crippen LogP contribution is -2.00. The van der Waals surface area contributed by atoms with E-state index >= 15 is 0 Å². The van der Waals surface area contributed by atoms with Gasteiger partial charge < -0.3 is 0 Å². The van der Waals surface area contributed by atoms with Gasteiger partial charge in [-0.2, -0.15) is 0 Å². The Balaban J connectivity index is 3.27. The zero-order chi connectivity index (χ0) is 9.84. The van der Waals surface area contributed by atoms with Crippen LogP contribution in [-0.4, -0.2) is 0 Å². The van der Waals surface area contributed by atoms with E-state index < -0.39 is 0 Å². The van der Waals surface area contributed by atoms with Gasteiger partial charge in [0.25, 0.3) is 0 Å². The number of hydrogen-bond acceptors (Lipinski definition) is 0. The van der Waals surface area contributed by atoms with Gasteiger partial charge >= 0.3 is 0 Å². The topological polar surface area (TPSA) is 0 Å². The standard InChI is InChI=1S/C12H17F/c1-4-9-7-8-12(13)11(6-3)10(9)5-2/h7-8H,4-6H2,1-3H3. The lowest BCUT2D eigenvalue weighted by atomic mass is 9.95. The summed E-state index contributed by atoms with van der Waals surface area (Å²) in [6, 6.07) is 3.50. The second-order valence-corrected chi connectivity index (χ2v) is 3.22. The van der Waals surface area contributed by atoms with Crippen molar-refractivity contribution in [2.45, 2.75) is 40.0 Å². The number of benzene rings is 1. The molecule has 0 aliphatic rings. The van der Waals surface area contributed by atoms with E-state index in [2.05, 4.69) is 13.8 Å². The largest absolute Gasteiger partial charge is 0.207 e. The Morgan fingerprint density at radius 1 is 0.923 bits per heavy atom. The van der Waals surface area contributed by atoms with Crippen molar-refractivity contribution in [1.29, 1.82) is 0 Å². The molecule has 72 valence electrons. The van der Waals surface area contributed by atoms with Gasteiger partial charge in [0.15, 0.2) is 0 Å². The van der Waals surface area contributed by atoms with Gasteiger partial charge in [0.1, 0.15) is 5.82 Å². The molecule has 0 aliphatic carbocycles. The molecule has 0 amide bonds. The van der Waals surface area contributed by atoms with Crippen molar-refractivity contribution >= 4 is 0 Å². The molecular weight excluding hydrogens is 163 g/mol. The quantitative estimate of drug-likeness (QED) is 0.667. The smallest absolute Gasteiger partial charge is 0.126 e. The fourth-order valence-electron chi connectivity index (χ4n) is 1.87. The molecule has 0 unspecified atom stereocenters. The second kappa shape index (κ2) is 4.40. The van der Waals surface area contributed by atoms with Crippen molar-refractivity contribution in [3.63, 3.8) is 0 Å². The van der Waals surface area contributed by atoms with Crippen molar-refractivity contribution < 1.29 is 4.39 Å². The molecule has 1 aromatic rings. The highest BCUT2D eigenvalue weighted by Crippen LogP contribution is 2.20. The molecule has 13 heavy (non-hydrogen) atoms. The molecule has 0 spiro atoms. The summed E-state index contributed by atoms with van der Waals surface area (Å²) in [5.41, 5.74) is 3.41. The van der Waals surface area contributed by atoms with Gasteiger partial charge in [0, 0.05) is 0 Å². The third-order valence-electron chi connectivity index (χ3n) is 2.56. The maximum absolute atomic E-state index is 13.4. The molecule has 1 rings (SSSR count). The summed E-state index contributed by atoms with van der Waals surface area (Å²) >= 11 is 0. The number of aryl methyl sites for hydroxylation is 1. The predicted octanol–water partition coefficient (Wildman–Crippen LogP) is 3.51. The van der Waals surface area contributed by atoms with Crippen LogP contribution in [0, 0.1) is 5.82 Å². The third-order valence-corrected chi connectivity index (χ3v) is 2.56. The summed E-state index contributed by atoms with van der Waals surface area (Å²) in [5, 5.41) is 0. The molecule has 0 radical (unpaired) electrons. The average Bonchev–Trinajstić information content (AvgIpc) is 2.17. The van der Waals surface area contributed by atoms with E-state index in [1.807, 2.05) is 13.0 Å². The summed E-state index contributed by atoms with van der Waals surface area (Å²) in [6.07, 6.45) is 2.73. The normalized spacial score (nSPS) is 10.5. The van der Waals surface area contributed by atoms with Crippen LogP contribution in [0.5, 0.6) is 0 Å². The summed E-state index contributed by atoms with van der Waals surface area (Å²) < 4.78 is 13.4. The minimum atomic E-state index is -0.0449. The van der Waals surface area contributed by atoms with Crippen LogP contribution < -0.4 is 0 Å². The fourth-order valence-corrected chi connectivity index (χ4v) is 1.87. The molecule has 0 nitrogen and oxygen atoms in total. The monoisotopic (exact) mass is 180 g/mol. The maximum atomic E-state index is 13.4. The summed E-state index contributed by atoms with van der Waals surface area (Å²) in [5.74, 6) is -0.0449. The minimum Gasteiger partial charge on any atom is -0.207 e. The molecule has 0 aromatic heterocycles. The molecule has 0 N–H and O–H groups in total. The molecule has 0 aliphatic heterocycles. The number of rotatable bonds is 3. The summed E-state index contributed by atoms with van der Waals surface area (Å²) in [7, 11) is 0. The number of halogens is 1. The van der Waals surface area contributed by atoms with Gasteiger partial charge in [-0.05, 0) is 42.0 Å². The molecule has 0 bridgehead atoms. The lowest BCUT2D eigenvalue weighted by Gasteiger charge is -2.11. The molecule has 1 heteroatoms. The van der Waals surface area contributed by atoms with Gasteiger partial charge in [-0.15, -0.1) is 0 Å². The first kappa shape index (κ1) is 10.2. The van der Waals surface area contributed by atoms with Crippen LogP contribution in [0.4, 0.5) is 4.39 Å². The van der Waals surface area contributed by atoms with E-state index in [1.165, 1.54) is 11.1 Å². The zero-order valence-corrected chi connectivity index (χ0v) is 8.65. The van der Waals surface area contributed by atoms with Gasteiger partial charge in [0.2, 0.25) is 0 Å². The first-order chi connectivity index (χ1) is 6.24. The highest BCUT2D eigenvalue weighted by atomic mass is 19.1. The SMILES string of the molecule is CCc1ccc(F)c(CC)c1CC. The van der Waals surface area contributed by atoms with E-state index in [4.69, 9.17) is 0 Å². The van der Waals surface area contributed by atoms with Gasteiger partial charge in [-0.3, -0.25) is 0 Å². The number of hydrogen-bond donors (Lipinski definition) is 0. The highest BCUT2D eigenvalue weighted by Gasteiger charge is 2.08. The van der Waals surface area contributed by atoms with Crippen LogP contribution in [0.2, 0.25) is 0 Å². The van der Waals surface area contributed by atoms with E-state index in [0.29, 0.717) is 0 Å². The van der Waals surface area contributed by atoms with Crippen LogP contribution in [0.3, 0.4) is 0 Å². The van der Waals surface area contributed by atoms with E-state index in [1.54, 1.807) is 6.07 Å². The van der Waals surface area contributed by atoms with E-state index in [0.717, 1.165) is 24.8 Å². The third kappa shape index (κ3) is 1.90. The first-order valence-electron chi connectivity index (χ1n) is 5.03. The highest BCUT2D eigenvalue weighted by molar-refractivity contribution is 5.36. The molecule has 0 fully saturated rings. The van der Waals surface area contributed by atoms with E-state index in [9.17, 15) is 4.39 Å². The Hall–Kier alpha value is -0.850. The second-order valence-electron chi connectivity index (χ2n) is 3.22. The van der Waals surface area contributed by atoms with Crippen LogP contribution >= 0.6 is 0 Å². The molecule has 1 aromatic carbocycles. The lowest BCUT2D eigenvalue weighted by molar-refractivity contribution is 0.607. The Morgan fingerprint density at radius 3 is 2.00 bits per heavy atom. The van der Waals surface area contributed by atoms with Gasteiger partial charge in [-0.25, -0.2) is 4.39 Å².